The molecule has 0 aromatic heterocycles. The van der Waals surface area contributed by atoms with Crippen LogP contribution in [-0.2, 0) is 0 Å². The van der Waals surface area contributed by atoms with Gasteiger partial charge in [-0.25, -0.2) is 0 Å². The Hall–Kier alpha value is -1.06. The van der Waals surface area contributed by atoms with E-state index in [1.807, 2.05) is 0 Å². The first-order valence-corrected chi connectivity index (χ1v) is 8.48. The zero-order chi connectivity index (χ0) is 14.9. The molecule has 0 saturated carbocycles. The van der Waals surface area contributed by atoms with E-state index in [1.165, 1.54) is 38.0 Å². The van der Waals surface area contributed by atoms with Gasteiger partial charge in [-0.05, 0) is 69.9 Å². The van der Waals surface area contributed by atoms with E-state index < -0.39 is 0 Å². The van der Waals surface area contributed by atoms with Crippen LogP contribution in [0.5, 0.6) is 5.75 Å². The molecule has 1 aliphatic heterocycles. The predicted octanol–water partition coefficient (Wildman–Crippen LogP) is 3.61. The summed E-state index contributed by atoms with van der Waals surface area (Å²) in [6.45, 7) is 10.0. The molecule has 0 radical (unpaired) electrons. The molecule has 1 atom stereocenters. The van der Waals surface area contributed by atoms with Crippen LogP contribution >= 0.6 is 0 Å². The van der Waals surface area contributed by atoms with Crippen LogP contribution in [-0.4, -0.2) is 37.7 Å². The average molecular weight is 290 g/mol. The van der Waals surface area contributed by atoms with Crippen LogP contribution in [0.4, 0.5) is 0 Å². The van der Waals surface area contributed by atoms with Crippen molar-refractivity contribution in [3.63, 3.8) is 0 Å². The van der Waals surface area contributed by atoms with E-state index in [1.54, 1.807) is 0 Å². The molecule has 118 valence electrons. The minimum atomic E-state index is 0.387. The number of ether oxygens (including phenoxy) is 1. The quantitative estimate of drug-likeness (QED) is 0.703. The van der Waals surface area contributed by atoms with Gasteiger partial charge in [-0.15, -0.1) is 0 Å². The van der Waals surface area contributed by atoms with E-state index in [0.717, 1.165) is 31.7 Å². The largest absolute Gasteiger partial charge is 0.494 e. The molecule has 1 aliphatic rings. The van der Waals surface area contributed by atoms with Crippen LogP contribution in [0, 0.1) is 0 Å². The summed E-state index contributed by atoms with van der Waals surface area (Å²) in [6, 6.07) is 8.88. The summed E-state index contributed by atoms with van der Waals surface area (Å²) >= 11 is 0. The van der Waals surface area contributed by atoms with Gasteiger partial charge in [0.1, 0.15) is 5.75 Å². The average Bonchev–Trinajstić information content (AvgIpc) is 3.03. The second-order valence-corrected chi connectivity index (χ2v) is 6.00. The van der Waals surface area contributed by atoms with E-state index in [-0.39, 0.29) is 0 Å². The minimum absolute atomic E-state index is 0.387. The number of hydrogen-bond acceptors (Lipinski definition) is 3. The molecule has 1 aromatic rings. The number of rotatable bonds is 9. The highest BCUT2D eigenvalue weighted by atomic mass is 16.5. The third-order valence-corrected chi connectivity index (χ3v) is 4.14. The maximum atomic E-state index is 5.91. The Labute approximate surface area is 129 Å². The van der Waals surface area contributed by atoms with Gasteiger partial charge in [-0.3, -0.25) is 0 Å². The number of likely N-dealkylation sites (tertiary alicyclic amines) is 1. The van der Waals surface area contributed by atoms with Crippen LogP contribution in [0.25, 0.3) is 0 Å². The Bertz CT molecular complexity index is 402. The number of hydrogen-bond donors (Lipinski definition) is 1. The van der Waals surface area contributed by atoms with Crippen molar-refractivity contribution in [2.75, 3.05) is 32.8 Å². The van der Waals surface area contributed by atoms with Crippen molar-refractivity contribution in [2.45, 2.75) is 45.6 Å². The van der Waals surface area contributed by atoms with E-state index in [4.69, 9.17) is 4.74 Å². The summed E-state index contributed by atoms with van der Waals surface area (Å²) < 4.78 is 5.91. The first kappa shape index (κ1) is 16.3. The third kappa shape index (κ3) is 5.68. The number of nitrogens with zero attached hydrogens (tertiary/aromatic N) is 1. The third-order valence-electron chi connectivity index (χ3n) is 4.14. The van der Waals surface area contributed by atoms with E-state index in [9.17, 15) is 0 Å². The fourth-order valence-corrected chi connectivity index (χ4v) is 2.84. The van der Waals surface area contributed by atoms with E-state index in [0.29, 0.717) is 6.04 Å². The molecule has 1 unspecified atom stereocenters. The molecule has 21 heavy (non-hydrogen) atoms. The molecule has 0 aliphatic carbocycles. The zero-order valence-electron chi connectivity index (χ0n) is 13.6. The molecule has 3 heteroatoms. The lowest BCUT2D eigenvalue weighted by atomic mass is 10.1. The highest BCUT2D eigenvalue weighted by Gasteiger charge is 2.10. The van der Waals surface area contributed by atoms with Crippen molar-refractivity contribution >= 4 is 0 Å². The van der Waals surface area contributed by atoms with Gasteiger partial charge >= 0.3 is 0 Å². The van der Waals surface area contributed by atoms with Crippen LogP contribution in [0.2, 0.25) is 0 Å². The Morgan fingerprint density at radius 1 is 1.29 bits per heavy atom. The highest BCUT2D eigenvalue weighted by Crippen LogP contribution is 2.19. The SMILES string of the molecule is CCCNC(C)c1cccc(OCCCN2CCCC2)c1. The first-order chi connectivity index (χ1) is 10.3. The zero-order valence-corrected chi connectivity index (χ0v) is 13.6. The van der Waals surface area contributed by atoms with Crippen molar-refractivity contribution in [1.82, 2.24) is 10.2 Å². The minimum Gasteiger partial charge on any atom is -0.494 e. The monoisotopic (exact) mass is 290 g/mol. The molecule has 1 heterocycles. The molecule has 2 rings (SSSR count). The lowest BCUT2D eigenvalue weighted by Gasteiger charge is -2.16. The van der Waals surface area contributed by atoms with Gasteiger partial charge < -0.3 is 15.0 Å². The van der Waals surface area contributed by atoms with Crippen LogP contribution in [0.3, 0.4) is 0 Å². The summed E-state index contributed by atoms with van der Waals surface area (Å²) in [5.41, 5.74) is 1.31. The van der Waals surface area contributed by atoms with Crippen molar-refractivity contribution in [3.05, 3.63) is 29.8 Å². The second kappa shape index (κ2) is 9.06. The van der Waals surface area contributed by atoms with Crippen molar-refractivity contribution < 1.29 is 4.74 Å². The van der Waals surface area contributed by atoms with Gasteiger partial charge in [0.2, 0.25) is 0 Å². The van der Waals surface area contributed by atoms with Crippen molar-refractivity contribution in [2.24, 2.45) is 0 Å². The molecule has 0 amide bonds. The van der Waals surface area contributed by atoms with Gasteiger partial charge in [-0.2, -0.15) is 0 Å². The standard InChI is InChI=1S/C18H30N2O/c1-3-10-19-16(2)17-8-6-9-18(15-17)21-14-7-13-20-11-4-5-12-20/h6,8-9,15-16,19H,3-5,7,10-14H2,1-2H3. The van der Waals surface area contributed by atoms with Gasteiger partial charge in [-0.1, -0.05) is 19.1 Å². The number of nitrogens with one attached hydrogen (secondary N) is 1. The molecule has 1 saturated heterocycles. The number of benzene rings is 1. The molecular formula is C18H30N2O. The summed E-state index contributed by atoms with van der Waals surface area (Å²) in [7, 11) is 0. The van der Waals surface area contributed by atoms with Gasteiger partial charge in [0.25, 0.3) is 0 Å². The Morgan fingerprint density at radius 2 is 2.10 bits per heavy atom. The molecule has 1 fully saturated rings. The first-order valence-electron chi connectivity index (χ1n) is 8.48. The predicted molar refractivity (Wildman–Crippen MR) is 88.9 cm³/mol. The lowest BCUT2D eigenvalue weighted by molar-refractivity contribution is 0.263. The molecular weight excluding hydrogens is 260 g/mol. The van der Waals surface area contributed by atoms with Crippen LogP contribution in [0.1, 0.15) is 51.1 Å². The molecule has 0 bridgehead atoms. The van der Waals surface area contributed by atoms with Crippen LogP contribution < -0.4 is 10.1 Å². The summed E-state index contributed by atoms with van der Waals surface area (Å²) in [5.74, 6) is 0.999. The fraction of sp³-hybridized carbons (Fsp3) is 0.667. The van der Waals surface area contributed by atoms with E-state index >= 15 is 0 Å². The van der Waals surface area contributed by atoms with Crippen molar-refractivity contribution in [1.29, 1.82) is 0 Å². The lowest BCUT2D eigenvalue weighted by Crippen LogP contribution is -2.22. The maximum Gasteiger partial charge on any atom is 0.119 e. The summed E-state index contributed by atoms with van der Waals surface area (Å²) in [6.07, 6.45) is 5.02. The molecule has 1 N–H and O–H groups in total. The Kier molecular flexibility index (Phi) is 7.04. The van der Waals surface area contributed by atoms with Crippen LogP contribution in [0.15, 0.2) is 24.3 Å². The van der Waals surface area contributed by atoms with E-state index in [2.05, 4.69) is 48.3 Å². The second-order valence-electron chi connectivity index (χ2n) is 6.00. The smallest absolute Gasteiger partial charge is 0.119 e. The molecule has 0 spiro atoms. The van der Waals surface area contributed by atoms with Gasteiger partial charge in [0.15, 0.2) is 0 Å². The molecule has 1 aromatic carbocycles. The summed E-state index contributed by atoms with van der Waals surface area (Å²) in [5, 5.41) is 3.52. The van der Waals surface area contributed by atoms with Gasteiger partial charge in [0.05, 0.1) is 6.61 Å². The topological polar surface area (TPSA) is 24.5 Å². The highest BCUT2D eigenvalue weighted by molar-refractivity contribution is 5.30. The van der Waals surface area contributed by atoms with Gasteiger partial charge in [0, 0.05) is 12.6 Å². The molecule has 3 nitrogen and oxygen atoms in total. The Morgan fingerprint density at radius 3 is 2.86 bits per heavy atom. The Balaban J connectivity index is 1.72. The normalized spacial score (nSPS) is 17.0. The summed E-state index contributed by atoms with van der Waals surface area (Å²) in [4.78, 5) is 2.54. The fourth-order valence-electron chi connectivity index (χ4n) is 2.84. The maximum absolute atomic E-state index is 5.91. The van der Waals surface area contributed by atoms with Crippen molar-refractivity contribution in [3.8, 4) is 5.75 Å².